The number of nitrogens with zero attached hydrogens (tertiary/aromatic N) is 1. The third kappa shape index (κ3) is 7.05. The highest BCUT2D eigenvalue weighted by molar-refractivity contribution is 5.98. The lowest BCUT2D eigenvalue weighted by molar-refractivity contribution is -0.120. The zero-order chi connectivity index (χ0) is 18.2. The minimum absolute atomic E-state index is 0.0170. The van der Waals surface area contributed by atoms with Gasteiger partial charge < -0.3 is 5.73 Å². The fourth-order valence-corrected chi connectivity index (χ4v) is 4.25. The topological polar surface area (TPSA) is 67.5 Å². The highest BCUT2D eigenvalue weighted by atomic mass is 16.1. The number of carbonyl (C=O) groups excluding carboxylic acids is 1. The average Bonchev–Trinajstić information content (AvgIpc) is 2.54. The molecule has 1 amide bonds. The van der Waals surface area contributed by atoms with Crippen LogP contribution in [0.15, 0.2) is 28.8 Å². The van der Waals surface area contributed by atoms with Gasteiger partial charge >= 0.3 is 0 Å². The van der Waals surface area contributed by atoms with Crippen molar-refractivity contribution in [2.75, 3.05) is 0 Å². The van der Waals surface area contributed by atoms with Crippen molar-refractivity contribution in [1.82, 2.24) is 5.32 Å². The fraction of sp³-hybridized carbons (Fsp3) is 0.714. The molecule has 0 radical (unpaired) electrons. The van der Waals surface area contributed by atoms with E-state index in [9.17, 15) is 4.79 Å². The Bertz CT molecular complexity index is 529. The molecule has 1 heterocycles. The number of allylic oxidation sites excluding steroid dienone is 3. The largest absolute Gasteiger partial charge is 0.370 e. The van der Waals surface area contributed by atoms with Gasteiger partial charge in [-0.2, -0.15) is 0 Å². The lowest BCUT2D eigenvalue weighted by Crippen LogP contribution is -2.43. The number of guanidine groups is 1. The van der Waals surface area contributed by atoms with Crippen molar-refractivity contribution in [3.05, 3.63) is 23.8 Å². The Kier molecular flexibility index (Phi) is 7.73. The van der Waals surface area contributed by atoms with E-state index in [0.29, 0.717) is 12.4 Å². The van der Waals surface area contributed by atoms with Gasteiger partial charge in [-0.15, -0.1) is 0 Å². The van der Waals surface area contributed by atoms with Gasteiger partial charge in [-0.25, -0.2) is 4.99 Å². The molecule has 0 spiro atoms. The molecule has 3 aliphatic rings. The van der Waals surface area contributed by atoms with Crippen molar-refractivity contribution in [3.63, 3.8) is 0 Å². The van der Waals surface area contributed by atoms with Gasteiger partial charge in [0.2, 0.25) is 5.91 Å². The molecule has 3 N–H and O–H groups in total. The smallest absolute Gasteiger partial charge is 0.228 e. The molecule has 2 aliphatic carbocycles. The van der Waals surface area contributed by atoms with E-state index < -0.39 is 0 Å². The van der Waals surface area contributed by atoms with Gasteiger partial charge in [0.1, 0.15) is 0 Å². The number of aliphatic imine (C=N–C) groups is 1. The Morgan fingerprint density at radius 3 is 2.60 bits per heavy atom. The zero-order valence-electron chi connectivity index (χ0n) is 16.0. The predicted molar refractivity (Wildman–Crippen MR) is 105 cm³/mol. The van der Waals surface area contributed by atoms with Crippen LogP contribution >= 0.6 is 0 Å². The van der Waals surface area contributed by atoms with Crippen LogP contribution in [0.5, 0.6) is 0 Å². The first-order valence-electron chi connectivity index (χ1n) is 9.93. The van der Waals surface area contributed by atoms with E-state index in [0.717, 1.165) is 24.7 Å². The molecule has 1 aliphatic heterocycles. The molecule has 0 aromatic rings. The average molecular weight is 346 g/mol. The molecule has 3 rings (SSSR count). The maximum Gasteiger partial charge on any atom is 0.228 e. The molecule has 2 atom stereocenters. The molecule has 0 bridgehead atoms. The van der Waals surface area contributed by atoms with Gasteiger partial charge in [0.05, 0.1) is 6.04 Å². The normalized spacial score (nSPS) is 27.6. The molecule has 4 heteroatoms. The summed E-state index contributed by atoms with van der Waals surface area (Å²) in [6, 6.07) is 0.127. The van der Waals surface area contributed by atoms with Crippen molar-refractivity contribution < 1.29 is 4.79 Å². The summed E-state index contributed by atoms with van der Waals surface area (Å²) in [5.74, 6) is 1.85. The first kappa shape index (κ1) is 19.7. The summed E-state index contributed by atoms with van der Waals surface area (Å²) in [6.07, 6.45) is 14.2. The molecular formula is C21H35N3O. The third-order valence-electron chi connectivity index (χ3n) is 5.46. The third-order valence-corrected chi connectivity index (χ3v) is 5.46. The highest BCUT2D eigenvalue weighted by Crippen LogP contribution is 2.29. The van der Waals surface area contributed by atoms with Crippen molar-refractivity contribution >= 4 is 11.9 Å². The molecule has 25 heavy (non-hydrogen) atoms. The number of carbonyl (C=O) groups is 1. The second-order valence-corrected chi connectivity index (χ2v) is 7.97. The molecular weight excluding hydrogens is 310 g/mol. The number of hydrogen-bond acceptors (Lipinski definition) is 3. The number of nitrogens with two attached hydrogens (primary N) is 1. The van der Waals surface area contributed by atoms with E-state index in [-0.39, 0.29) is 11.9 Å². The van der Waals surface area contributed by atoms with Crippen LogP contribution in [0.25, 0.3) is 0 Å². The van der Waals surface area contributed by atoms with Crippen molar-refractivity contribution in [2.24, 2.45) is 22.6 Å². The number of hydrogen-bond donors (Lipinski definition) is 2. The van der Waals surface area contributed by atoms with E-state index in [1.165, 1.54) is 56.1 Å². The Labute approximate surface area is 153 Å². The lowest BCUT2D eigenvalue weighted by atomic mass is 9.84. The predicted octanol–water partition coefficient (Wildman–Crippen LogP) is 4.47. The fourth-order valence-electron chi connectivity index (χ4n) is 4.25. The molecule has 4 nitrogen and oxygen atoms in total. The lowest BCUT2D eigenvalue weighted by Gasteiger charge is -2.26. The maximum atomic E-state index is 11.3. The highest BCUT2D eigenvalue weighted by Gasteiger charge is 2.24. The molecule has 0 aromatic carbocycles. The van der Waals surface area contributed by atoms with Crippen LogP contribution in [-0.4, -0.2) is 17.9 Å². The molecule has 1 saturated carbocycles. The molecule has 1 fully saturated rings. The summed E-state index contributed by atoms with van der Waals surface area (Å²) in [5, 5.41) is 2.54. The van der Waals surface area contributed by atoms with Gasteiger partial charge in [0, 0.05) is 6.42 Å². The van der Waals surface area contributed by atoms with Crippen LogP contribution in [0, 0.1) is 11.8 Å². The van der Waals surface area contributed by atoms with Crippen molar-refractivity contribution in [3.8, 4) is 0 Å². The Morgan fingerprint density at radius 2 is 2.00 bits per heavy atom. The quantitative estimate of drug-likeness (QED) is 0.741. The summed E-state index contributed by atoms with van der Waals surface area (Å²) in [5.41, 5.74) is 8.45. The van der Waals surface area contributed by atoms with Crippen LogP contribution < -0.4 is 11.1 Å². The Balaban J connectivity index is 0.000000196. The number of rotatable bonds is 3. The van der Waals surface area contributed by atoms with E-state index >= 15 is 0 Å². The van der Waals surface area contributed by atoms with E-state index in [1.54, 1.807) is 0 Å². The Morgan fingerprint density at radius 1 is 1.28 bits per heavy atom. The monoisotopic (exact) mass is 345 g/mol. The van der Waals surface area contributed by atoms with Crippen molar-refractivity contribution in [1.29, 1.82) is 0 Å². The van der Waals surface area contributed by atoms with Crippen LogP contribution in [0.1, 0.15) is 78.1 Å². The molecule has 140 valence electrons. The molecule has 2 unspecified atom stereocenters. The van der Waals surface area contributed by atoms with Crippen LogP contribution in [0.4, 0.5) is 0 Å². The van der Waals surface area contributed by atoms with Crippen LogP contribution in [0.2, 0.25) is 0 Å². The summed E-state index contributed by atoms with van der Waals surface area (Å²) in [4.78, 5) is 15.5. The van der Waals surface area contributed by atoms with Gasteiger partial charge in [-0.1, -0.05) is 62.8 Å². The van der Waals surface area contributed by atoms with Gasteiger partial charge in [0.25, 0.3) is 0 Å². The maximum absolute atomic E-state index is 11.3. The molecule has 0 aromatic heterocycles. The SMILES string of the molecule is C=C1CC(C)=CC(CC)C1.NC1=NC(CC2CCCCC2)CC(=O)N1. The molecule has 0 saturated heterocycles. The second kappa shape index (κ2) is 9.79. The van der Waals surface area contributed by atoms with E-state index in [1.807, 2.05) is 0 Å². The summed E-state index contributed by atoms with van der Waals surface area (Å²) in [7, 11) is 0. The van der Waals surface area contributed by atoms with Gasteiger partial charge in [-0.3, -0.25) is 10.1 Å². The van der Waals surface area contributed by atoms with Crippen LogP contribution in [-0.2, 0) is 4.79 Å². The second-order valence-electron chi connectivity index (χ2n) is 7.97. The van der Waals surface area contributed by atoms with Crippen LogP contribution in [0.3, 0.4) is 0 Å². The minimum atomic E-state index is 0.0170. The standard InChI is InChI=1S/C11H19N3O.C10H16/c12-11-13-9(7-10(15)14-11)6-8-4-2-1-3-5-8;1-4-10-6-8(2)5-9(3)7-10/h8-9H,1-7H2,(H3,12,13,14,15);7,10H,2,4-6H2,1,3H3. The summed E-state index contributed by atoms with van der Waals surface area (Å²) >= 11 is 0. The van der Waals surface area contributed by atoms with Crippen molar-refractivity contribution in [2.45, 2.75) is 84.1 Å². The summed E-state index contributed by atoms with van der Waals surface area (Å²) < 4.78 is 0. The summed E-state index contributed by atoms with van der Waals surface area (Å²) in [6.45, 7) is 8.47. The minimum Gasteiger partial charge on any atom is -0.370 e. The Hall–Kier alpha value is -1.58. The van der Waals surface area contributed by atoms with E-state index in [4.69, 9.17) is 5.73 Å². The zero-order valence-corrected chi connectivity index (χ0v) is 16.0. The van der Waals surface area contributed by atoms with Gasteiger partial charge in [-0.05, 0) is 44.4 Å². The van der Waals surface area contributed by atoms with E-state index in [2.05, 4.69) is 36.8 Å². The van der Waals surface area contributed by atoms with Gasteiger partial charge in [0.15, 0.2) is 5.96 Å². The number of amides is 1. The first-order valence-corrected chi connectivity index (χ1v) is 9.93. The first-order chi connectivity index (χ1) is 12.0. The number of nitrogens with one attached hydrogen (secondary N) is 1.